The summed E-state index contributed by atoms with van der Waals surface area (Å²) in [6.07, 6.45) is 23.6. The molecule has 0 aromatic rings. The molecule has 1 nitrogen and oxygen atoms in total. The molecule has 3 atom stereocenters. The Morgan fingerprint density at radius 2 is 1.67 bits per heavy atom. The Balaban J connectivity index is 1.81. The zero-order valence-electron chi connectivity index (χ0n) is 14.4. The number of rotatable bonds is 4. The van der Waals surface area contributed by atoms with Crippen LogP contribution in [0.4, 0.5) is 0 Å². The van der Waals surface area contributed by atoms with E-state index in [4.69, 9.17) is 4.99 Å². The second-order valence-electron chi connectivity index (χ2n) is 7.53. The number of unbranched alkanes of at least 4 members (excludes halogenated alkanes) is 1. The Morgan fingerprint density at radius 3 is 2.48 bits per heavy atom. The molecule has 0 amide bonds. The molecule has 3 unspecified atom stereocenters. The van der Waals surface area contributed by atoms with Gasteiger partial charge < -0.3 is 0 Å². The summed E-state index contributed by atoms with van der Waals surface area (Å²) in [7, 11) is 0. The monoisotopic (exact) mass is 291 g/mol. The highest BCUT2D eigenvalue weighted by Crippen LogP contribution is 2.38. The van der Waals surface area contributed by atoms with E-state index >= 15 is 0 Å². The highest BCUT2D eigenvalue weighted by atomic mass is 14.8. The molecule has 0 saturated heterocycles. The minimum Gasteiger partial charge on any atom is -0.294 e. The summed E-state index contributed by atoms with van der Waals surface area (Å²) in [6, 6.07) is 0.663. The van der Waals surface area contributed by atoms with Gasteiger partial charge in [-0.2, -0.15) is 0 Å². The molecule has 21 heavy (non-hydrogen) atoms. The molecule has 2 rings (SSSR count). The van der Waals surface area contributed by atoms with Crippen LogP contribution in [0.15, 0.2) is 4.99 Å². The van der Waals surface area contributed by atoms with Crippen LogP contribution in [0.3, 0.4) is 0 Å². The van der Waals surface area contributed by atoms with Gasteiger partial charge in [0.15, 0.2) is 0 Å². The van der Waals surface area contributed by atoms with Crippen LogP contribution in [-0.2, 0) is 0 Å². The molecule has 0 spiro atoms. The summed E-state index contributed by atoms with van der Waals surface area (Å²) in [4.78, 5) is 5.03. The maximum Gasteiger partial charge on any atom is 0.0524 e. The van der Waals surface area contributed by atoms with E-state index in [1.165, 1.54) is 96.3 Å². The molecule has 0 aromatic heterocycles. The Morgan fingerprint density at radius 1 is 0.905 bits per heavy atom. The Labute approximate surface area is 133 Å². The summed E-state index contributed by atoms with van der Waals surface area (Å²) in [5.41, 5.74) is 0. The SMILES string of the molecule is CCCCC1CCC(C2CCCCCCCCCC=N2)C1. The third kappa shape index (κ3) is 6.53. The Hall–Kier alpha value is -0.330. The fraction of sp³-hybridized carbons (Fsp3) is 0.950. The molecule has 1 heterocycles. The number of aliphatic imine (C=N–C) groups is 1. The van der Waals surface area contributed by atoms with Crippen LogP contribution in [-0.4, -0.2) is 12.3 Å². The smallest absolute Gasteiger partial charge is 0.0524 e. The molecular weight excluding hydrogens is 254 g/mol. The summed E-state index contributed by atoms with van der Waals surface area (Å²) in [6.45, 7) is 2.32. The van der Waals surface area contributed by atoms with Crippen molar-refractivity contribution in [2.75, 3.05) is 0 Å². The molecule has 122 valence electrons. The number of hydrogen-bond acceptors (Lipinski definition) is 1. The van der Waals surface area contributed by atoms with Gasteiger partial charge in [-0.25, -0.2) is 0 Å². The van der Waals surface area contributed by atoms with Crippen LogP contribution in [0, 0.1) is 11.8 Å². The molecule has 2 aliphatic rings. The molecule has 0 radical (unpaired) electrons. The molecule has 0 bridgehead atoms. The summed E-state index contributed by atoms with van der Waals surface area (Å²) in [5.74, 6) is 1.93. The lowest BCUT2D eigenvalue weighted by atomic mass is 9.91. The van der Waals surface area contributed by atoms with Crippen molar-refractivity contribution in [1.29, 1.82) is 0 Å². The normalized spacial score (nSPS) is 32.5. The summed E-state index contributed by atoms with van der Waals surface area (Å²) >= 11 is 0. The Bertz CT molecular complexity index is 284. The van der Waals surface area contributed by atoms with Crippen LogP contribution in [0.1, 0.15) is 103 Å². The van der Waals surface area contributed by atoms with Crippen molar-refractivity contribution in [1.82, 2.24) is 0 Å². The average Bonchev–Trinajstić information content (AvgIpc) is 2.94. The van der Waals surface area contributed by atoms with Gasteiger partial charge in [-0.1, -0.05) is 71.1 Å². The fourth-order valence-corrected chi connectivity index (χ4v) is 4.33. The third-order valence-electron chi connectivity index (χ3n) is 5.72. The molecule has 1 aliphatic heterocycles. The van der Waals surface area contributed by atoms with Crippen LogP contribution >= 0.6 is 0 Å². The van der Waals surface area contributed by atoms with E-state index in [0.717, 1.165) is 11.8 Å². The summed E-state index contributed by atoms with van der Waals surface area (Å²) < 4.78 is 0. The number of hydrogen-bond donors (Lipinski definition) is 0. The predicted octanol–water partition coefficient (Wildman–Crippen LogP) is 6.56. The van der Waals surface area contributed by atoms with Crippen LogP contribution in [0.5, 0.6) is 0 Å². The lowest BCUT2D eigenvalue weighted by Gasteiger charge is -2.20. The first kappa shape index (κ1) is 17.0. The maximum atomic E-state index is 5.03. The van der Waals surface area contributed by atoms with E-state index in [9.17, 15) is 0 Å². The van der Waals surface area contributed by atoms with Crippen molar-refractivity contribution in [2.45, 2.75) is 109 Å². The summed E-state index contributed by atoms with van der Waals surface area (Å²) in [5, 5.41) is 0. The molecule has 1 fully saturated rings. The molecule has 1 heteroatoms. The van der Waals surface area contributed by atoms with Gasteiger partial charge in [-0.05, 0) is 50.2 Å². The van der Waals surface area contributed by atoms with Crippen LogP contribution in [0.2, 0.25) is 0 Å². The van der Waals surface area contributed by atoms with Crippen molar-refractivity contribution in [2.24, 2.45) is 16.8 Å². The van der Waals surface area contributed by atoms with Crippen molar-refractivity contribution in [3.8, 4) is 0 Å². The zero-order valence-corrected chi connectivity index (χ0v) is 14.4. The first-order chi connectivity index (χ1) is 10.4. The quantitative estimate of drug-likeness (QED) is 0.556. The van der Waals surface area contributed by atoms with Gasteiger partial charge in [0.25, 0.3) is 0 Å². The van der Waals surface area contributed by atoms with Gasteiger partial charge in [-0.3, -0.25) is 4.99 Å². The van der Waals surface area contributed by atoms with E-state index < -0.39 is 0 Å². The lowest BCUT2D eigenvalue weighted by molar-refractivity contribution is 0.373. The van der Waals surface area contributed by atoms with Crippen LogP contribution < -0.4 is 0 Å². The van der Waals surface area contributed by atoms with E-state index in [1.807, 2.05) is 0 Å². The maximum absolute atomic E-state index is 5.03. The predicted molar refractivity (Wildman–Crippen MR) is 94.2 cm³/mol. The molecule has 1 saturated carbocycles. The topological polar surface area (TPSA) is 12.4 Å². The molecule has 0 aromatic carbocycles. The third-order valence-corrected chi connectivity index (χ3v) is 5.72. The number of nitrogens with zero attached hydrogens (tertiary/aromatic N) is 1. The lowest BCUT2D eigenvalue weighted by Crippen LogP contribution is -2.17. The first-order valence-corrected chi connectivity index (χ1v) is 9.91. The second-order valence-corrected chi connectivity index (χ2v) is 7.53. The van der Waals surface area contributed by atoms with Gasteiger partial charge in [0, 0.05) is 0 Å². The van der Waals surface area contributed by atoms with E-state index in [-0.39, 0.29) is 0 Å². The highest BCUT2D eigenvalue weighted by Gasteiger charge is 2.29. The standard InChI is InChI=1S/C20H37N/c1-2-3-12-18-14-15-19(17-18)20-13-10-8-6-4-5-7-9-11-16-21-20/h16,18-20H,2-15,17H2,1H3. The van der Waals surface area contributed by atoms with Crippen molar-refractivity contribution in [3.63, 3.8) is 0 Å². The largest absolute Gasteiger partial charge is 0.294 e. The minimum atomic E-state index is 0.663. The van der Waals surface area contributed by atoms with Crippen molar-refractivity contribution in [3.05, 3.63) is 0 Å². The van der Waals surface area contributed by atoms with Crippen molar-refractivity contribution >= 4 is 6.21 Å². The van der Waals surface area contributed by atoms with Gasteiger partial charge in [-0.15, -0.1) is 0 Å². The van der Waals surface area contributed by atoms with Gasteiger partial charge in [0.2, 0.25) is 0 Å². The van der Waals surface area contributed by atoms with E-state index in [1.54, 1.807) is 0 Å². The van der Waals surface area contributed by atoms with E-state index in [0.29, 0.717) is 6.04 Å². The van der Waals surface area contributed by atoms with Gasteiger partial charge in [0.1, 0.15) is 0 Å². The van der Waals surface area contributed by atoms with Gasteiger partial charge >= 0.3 is 0 Å². The zero-order chi connectivity index (χ0) is 14.8. The van der Waals surface area contributed by atoms with Gasteiger partial charge in [0.05, 0.1) is 6.04 Å². The average molecular weight is 292 g/mol. The second kappa shape index (κ2) is 10.4. The minimum absolute atomic E-state index is 0.663. The molecular formula is C20H37N. The highest BCUT2D eigenvalue weighted by molar-refractivity contribution is 5.57. The molecule has 1 aliphatic carbocycles. The fourth-order valence-electron chi connectivity index (χ4n) is 4.33. The van der Waals surface area contributed by atoms with E-state index in [2.05, 4.69) is 13.1 Å². The van der Waals surface area contributed by atoms with Crippen LogP contribution in [0.25, 0.3) is 0 Å². The Kier molecular flexibility index (Phi) is 8.44. The first-order valence-electron chi connectivity index (χ1n) is 9.91. The van der Waals surface area contributed by atoms with Crippen molar-refractivity contribution < 1.29 is 0 Å². The molecule has 0 N–H and O–H groups in total.